The molecule has 0 unspecified atom stereocenters. The van der Waals surface area contributed by atoms with Crippen LogP contribution in [-0.2, 0) is 18.2 Å². The average molecular weight is 305 g/mol. The van der Waals surface area contributed by atoms with Gasteiger partial charge in [0.15, 0.2) is 0 Å². The first-order valence-corrected chi connectivity index (χ1v) is 7.60. The van der Waals surface area contributed by atoms with Crippen molar-refractivity contribution in [3.05, 3.63) is 71.3 Å². The average Bonchev–Trinajstić information content (AvgIpc) is 2.49. The van der Waals surface area contributed by atoms with Crippen LogP contribution < -0.4 is 0 Å². The third kappa shape index (κ3) is 5.50. The molecule has 96 valence electrons. The summed E-state index contributed by atoms with van der Waals surface area (Å²) in [6.45, 7) is 4.33. The zero-order valence-electron chi connectivity index (χ0n) is 11.2. The van der Waals surface area contributed by atoms with Crippen LogP contribution in [0.15, 0.2) is 54.6 Å². The number of benzene rings is 2. The van der Waals surface area contributed by atoms with E-state index < -0.39 is 0 Å². The van der Waals surface area contributed by atoms with E-state index >= 15 is 0 Å². The molecule has 18 heavy (non-hydrogen) atoms. The van der Waals surface area contributed by atoms with E-state index in [9.17, 15) is 0 Å². The molecule has 0 spiro atoms. The largest absolute Gasteiger partial charge is 0.0876 e. The lowest BCUT2D eigenvalue weighted by Crippen LogP contribution is -1.80. The summed E-state index contributed by atoms with van der Waals surface area (Å²) in [5, 5.41) is 0.955. The highest BCUT2D eigenvalue weighted by molar-refractivity contribution is 9.08. The van der Waals surface area contributed by atoms with Gasteiger partial charge in [0.25, 0.3) is 0 Å². The summed E-state index contributed by atoms with van der Waals surface area (Å²) in [7, 11) is 0. The predicted octanol–water partition coefficient (Wildman–Crippen LogP) is 5.39. The van der Waals surface area contributed by atoms with Crippen molar-refractivity contribution in [2.24, 2.45) is 0 Å². The van der Waals surface area contributed by atoms with Crippen molar-refractivity contribution < 1.29 is 0 Å². The van der Waals surface area contributed by atoms with E-state index in [0.717, 1.165) is 18.2 Å². The van der Waals surface area contributed by atoms with Crippen molar-refractivity contribution in [3.63, 3.8) is 0 Å². The van der Waals surface area contributed by atoms with Crippen LogP contribution in [0.3, 0.4) is 0 Å². The van der Waals surface area contributed by atoms with E-state index in [1.807, 2.05) is 6.07 Å². The molecular weight excluding hydrogens is 284 g/mol. The van der Waals surface area contributed by atoms with Gasteiger partial charge in [-0.1, -0.05) is 84.4 Å². The van der Waals surface area contributed by atoms with Crippen molar-refractivity contribution in [1.82, 2.24) is 0 Å². The molecule has 2 aromatic carbocycles. The van der Waals surface area contributed by atoms with E-state index in [1.54, 1.807) is 0 Å². The van der Waals surface area contributed by atoms with Gasteiger partial charge in [-0.3, -0.25) is 0 Å². The van der Waals surface area contributed by atoms with E-state index in [-0.39, 0.29) is 0 Å². The van der Waals surface area contributed by atoms with Gasteiger partial charge in [0.1, 0.15) is 0 Å². The summed E-state index contributed by atoms with van der Waals surface area (Å²) in [5.41, 5.74) is 4.16. The molecule has 0 fully saturated rings. The maximum absolute atomic E-state index is 3.40. The van der Waals surface area contributed by atoms with Crippen molar-refractivity contribution in [2.75, 3.05) is 0 Å². The molecule has 0 N–H and O–H groups in total. The number of halogens is 1. The van der Waals surface area contributed by atoms with Gasteiger partial charge < -0.3 is 0 Å². The minimum atomic E-state index is 0.955. The maximum Gasteiger partial charge on any atom is 0.0283 e. The molecule has 0 aliphatic carbocycles. The lowest BCUT2D eigenvalue weighted by atomic mass is 10.1. The van der Waals surface area contributed by atoms with E-state index in [2.05, 4.69) is 78.3 Å². The first-order valence-electron chi connectivity index (χ1n) is 6.47. The van der Waals surface area contributed by atoms with Crippen molar-refractivity contribution in [2.45, 2.75) is 32.0 Å². The van der Waals surface area contributed by atoms with Crippen LogP contribution in [0.5, 0.6) is 0 Å². The standard InChI is InChI=1S/C9H11Br.C8H10/c1-2-8-3-5-9(7-10)6-4-8;1-2-8-6-4-3-5-7-8/h3-6H,2,7H2,1H3;3-7H,2H2,1H3. The Bertz CT molecular complexity index is 394. The fraction of sp³-hybridized carbons (Fsp3) is 0.294. The second kappa shape index (κ2) is 8.93. The van der Waals surface area contributed by atoms with E-state index in [0.29, 0.717) is 0 Å². The van der Waals surface area contributed by atoms with Gasteiger partial charge in [-0.15, -0.1) is 0 Å². The predicted molar refractivity (Wildman–Crippen MR) is 84.3 cm³/mol. The molecule has 0 bridgehead atoms. The Labute approximate surface area is 119 Å². The van der Waals surface area contributed by atoms with Crippen molar-refractivity contribution in [1.29, 1.82) is 0 Å². The molecule has 0 saturated heterocycles. The first-order chi connectivity index (χ1) is 8.80. The number of rotatable bonds is 3. The summed E-state index contributed by atoms with van der Waals surface area (Å²) in [6, 6.07) is 19.1. The van der Waals surface area contributed by atoms with Gasteiger partial charge in [0, 0.05) is 5.33 Å². The van der Waals surface area contributed by atoms with Crippen LogP contribution in [0, 0.1) is 0 Å². The molecule has 0 amide bonds. The van der Waals surface area contributed by atoms with Crippen LogP contribution >= 0.6 is 15.9 Å². The number of alkyl halides is 1. The molecule has 0 saturated carbocycles. The zero-order valence-corrected chi connectivity index (χ0v) is 12.8. The number of aryl methyl sites for hydroxylation is 2. The lowest BCUT2D eigenvalue weighted by Gasteiger charge is -1.96. The summed E-state index contributed by atoms with van der Waals surface area (Å²) >= 11 is 3.40. The fourth-order valence-corrected chi connectivity index (χ4v) is 1.95. The van der Waals surface area contributed by atoms with Crippen LogP contribution in [0.2, 0.25) is 0 Å². The molecule has 2 rings (SSSR count). The van der Waals surface area contributed by atoms with Crippen LogP contribution in [0.25, 0.3) is 0 Å². The minimum Gasteiger partial charge on any atom is -0.0876 e. The Balaban J connectivity index is 0.000000184. The number of hydrogen-bond donors (Lipinski definition) is 0. The van der Waals surface area contributed by atoms with Gasteiger partial charge in [-0.2, -0.15) is 0 Å². The highest BCUT2D eigenvalue weighted by Gasteiger charge is 1.89. The van der Waals surface area contributed by atoms with E-state index in [1.165, 1.54) is 16.7 Å². The molecule has 0 atom stereocenters. The third-order valence-electron chi connectivity index (χ3n) is 2.84. The quantitative estimate of drug-likeness (QED) is 0.667. The summed E-state index contributed by atoms with van der Waals surface area (Å²) in [5.74, 6) is 0. The molecule has 0 heterocycles. The normalized spacial score (nSPS) is 9.50. The Hall–Kier alpha value is -1.08. The van der Waals surface area contributed by atoms with Crippen LogP contribution in [0.4, 0.5) is 0 Å². The van der Waals surface area contributed by atoms with Crippen LogP contribution in [0.1, 0.15) is 30.5 Å². The molecule has 0 aromatic heterocycles. The van der Waals surface area contributed by atoms with Gasteiger partial charge in [-0.25, -0.2) is 0 Å². The Morgan fingerprint density at radius 3 is 1.50 bits per heavy atom. The highest BCUT2D eigenvalue weighted by atomic mass is 79.9. The molecule has 2 aromatic rings. The molecule has 1 heteroatoms. The third-order valence-corrected chi connectivity index (χ3v) is 3.48. The van der Waals surface area contributed by atoms with Gasteiger partial charge in [0.2, 0.25) is 0 Å². The van der Waals surface area contributed by atoms with Crippen molar-refractivity contribution in [3.8, 4) is 0 Å². The van der Waals surface area contributed by atoms with Gasteiger partial charge in [0.05, 0.1) is 0 Å². The molecular formula is C17H21Br. The van der Waals surface area contributed by atoms with Gasteiger partial charge in [-0.05, 0) is 29.5 Å². The topological polar surface area (TPSA) is 0 Å². The lowest BCUT2D eigenvalue weighted by molar-refractivity contribution is 1.13. The Morgan fingerprint density at radius 2 is 1.11 bits per heavy atom. The Morgan fingerprint density at radius 1 is 0.667 bits per heavy atom. The fourth-order valence-electron chi connectivity index (χ4n) is 1.58. The maximum atomic E-state index is 3.40. The van der Waals surface area contributed by atoms with E-state index in [4.69, 9.17) is 0 Å². The Kier molecular flexibility index (Phi) is 7.43. The monoisotopic (exact) mass is 304 g/mol. The molecule has 0 aliphatic heterocycles. The molecule has 0 nitrogen and oxygen atoms in total. The zero-order chi connectivity index (χ0) is 13.2. The highest BCUT2D eigenvalue weighted by Crippen LogP contribution is 2.07. The summed E-state index contributed by atoms with van der Waals surface area (Å²) in [4.78, 5) is 0. The second-order valence-corrected chi connectivity index (χ2v) is 4.70. The van der Waals surface area contributed by atoms with Crippen LogP contribution in [-0.4, -0.2) is 0 Å². The minimum absolute atomic E-state index is 0.955. The number of hydrogen-bond acceptors (Lipinski definition) is 0. The molecule has 0 radical (unpaired) electrons. The first kappa shape index (κ1) is 15.0. The SMILES string of the molecule is CCc1ccc(CBr)cc1.CCc1ccccc1. The molecule has 0 aliphatic rings. The van der Waals surface area contributed by atoms with Crippen molar-refractivity contribution >= 4 is 15.9 Å². The summed E-state index contributed by atoms with van der Waals surface area (Å²) < 4.78 is 0. The van der Waals surface area contributed by atoms with Gasteiger partial charge >= 0.3 is 0 Å². The summed E-state index contributed by atoms with van der Waals surface area (Å²) in [6.07, 6.45) is 2.27. The second-order valence-electron chi connectivity index (χ2n) is 4.14. The smallest absolute Gasteiger partial charge is 0.0283 e.